The summed E-state index contributed by atoms with van der Waals surface area (Å²) in [5, 5.41) is 17.9. The summed E-state index contributed by atoms with van der Waals surface area (Å²) in [5.74, 6) is -0.730. The molecule has 0 bridgehead atoms. The fourth-order valence-electron chi connectivity index (χ4n) is 2.11. The van der Waals surface area contributed by atoms with Crippen LogP contribution in [0, 0.1) is 5.82 Å². The summed E-state index contributed by atoms with van der Waals surface area (Å²) in [5.41, 5.74) is 0.362. The number of rotatable bonds is 6. The first-order chi connectivity index (χ1) is 10.8. The molecule has 122 valence electrons. The van der Waals surface area contributed by atoms with Gasteiger partial charge >= 0.3 is 7.12 Å². The molecule has 0 aliphatic carbocycles. The van der Waals surface area contributed by atoms with E-state index in [-0.39, 0.29) is 16.9 Å². The van der Waals surface area contributed by atoms with Gasteiger partial charge in [-0.15, -0.1) is 0 Å². The molecule has 0 saturated carbocycles. The van der Waals surface area contributed by atoms with Crippen LogP contribution in [0.5, 0.6) is 0 Å². The van der Waals surface area contributed by atoms with E-state index in [1.807, 2.05) is 0 Å². The SMILES string of the molecule is CN(CCc1ccc(B(O)O)c(F)c1)S(=O)(=O)c1ccccc1. The Bertz CT molecular complexity index is 768. The van der Waals surface area contributed by atoms with Gasteiger partial charge in [0.05, 0.1) is 4.90 Å². The third kappa shape index (κ3) is 4.17. The minimum atomic E-state index is -3.58. The summed E-state index contributed by atoms with van der Waals surface area (Å²) in [6.07, 6.45) is 0.307. The van der Waals surface area contributed by atoms with Crippen molar-refractivity contribution >= 4 is 22.6 Å². The van der Waals surface area contributed by atoms with Crippen molar-refractivity contribution in [2.24, 2.45) is 0 Å². The van der Waals surface area contributed by atoms with E-state index in [4.69, 9.17) is 10.0 Å². The Kier molecular flexibility index (Phi) is 5.53. The quantitative estimate of drug-likeness (QED) is 0.747. The second kappa shape index (κ2) is 7.22. The summed E-state index contributed by atoms with van der Waals surface area (Å²) in [4.78, 5) is 0.201. The summed E-state index contributed by atoms with van der Waals surface area (Å²) in [7, 11) is -3.99. The summed E-state index contributed by atoms with van der Waals surface area (Å²) in [6.45, 7) is 0.178. The minimum absolute atomic E-state index is 0.178. The highest BCUT2D eigenvalue weighted by molar-refractivity contribution is 7.89. The molecule has 0 aromatic heterocycles. The van der Waals surface area contributed by atoms with E-state index in [1.54, 1.807) is 24.3 Å². The minimum Gasteiger partial charge on any atom is -0.423 e. The Labute approximate surface area is 135 Å². The lowest BCUT2D eigenvalue weighted by atomic mass is 9.79. The number of hydrogen-bond donors (Lipinski definition) is 2. The summed E-state index contributed by atoms with van der Waals surface area (Å²) in [6, 6.07) is 12.1. The molecule has 2 aromatic rings. The second-order valence-electron chi connectivity index (χ2n) is 5.12. The first kappa shape index (κ1) is 17.6. The number of benzene rings is 2. The molecule has 2 N–H and O–H groups in total. The zero-order chi connectivity index (χ0) is 17.0. The van der Waals surface area contributed by atoms with Gasteiger partial charge in [0.25, 0.3) is 0 Å². The molecule has 0 amide bonds. The fourth-order valence-corrected chi connectivity index (χ4v) is 3.31. The van der Waals surface area contributed by atoms with Gasteiger partial charge in [0.1, 0.15) is 5.82 Å². The van der Waals surface area contributed by atoms with Crippen LogP contribution in [0.3, 0.4) is 0 Å². The van der Waals surface area contributed by atoms with Gasteiger partial charge in [0, 0.05) is 19.1 Å². The molecule has 5 nitrogen and oxygen atoms in total. The third-order valence-electron chi connectivity index (χ3n) is 3.51. The molecule has 0 unspecified atom stereocenters. The fraction of sp³-hybridized carbons (Fsp3) is 0.200. The van der Waals surface area contributed by atoms with E-state index in [1.165, 1.54) is 35.6 Å². The lowest BCUT2D eigenvalue weighted by molar-refractivity contribution is 0.423. The molecule has 2 aromatic carbocycles. The van der Waals surface area contributed by atoms with Crippen molar-refractivity contribution < 1.29 is 22.9 Å². The number of hydrogen-bond acceptors (Lipinski definition) is 4. The number of nitrogens with zero attached hydrogens (tertiary/aromatic N) is 1. The predicted molar refractivity (Wildman–Crippen MR) is 86.2 cm³/mol. The van der Waals surface area contributed by atoms with Crippen molar-refractivity contribution in [3.63, 3.8) is 0 Å². The lowest BCUT2D eigenvalue weighted by Crippen LogP contribution is -2.33. The first-order valence-corrected chi connectivity index (χ1v) is 8.42. The first-order valence-electron chi connectivity index (χ1n) is 6.98. The molecule has 23 heavy (non-hydrogen) atoms. The normalized spacial score (nSPS) is 11.7. The molecule has 0 fully saturated rings. The van der Waals surface area contributed by atoms with Gasteiger partial charge in [-0.05, 0) is 30.2 Å². The zero-order valence-corrected chi connectivity index (χ0v) is 13.4. The number of halogens is 1. The Morgan fingerprint density at radius 3 is 2.35 bits per heavy atom. The highest BCUT2D eigenvalue weighted by Crippen LogP contribution is 2.14. The van der Waals surface area contributed by atoms with Crippen molar-refractivity contribution in [2.45, 2.75) is 11.3 Å². The molecule has 0 aliphatic rings. The summed E-state index contributed by atoms with van der Waals surface area (Å²) >= 11 is 0. The van der Waals surface area contributed by atoms with E-state index in [0.29, 0.717) is 12.0 Å². The maximum atomic E-state index is 13.7. The van der Waals surface area contributed by atoms with Crippen LogP contribution in [-0.2, 0) is 16.4 Å². The Balaban J connectivity index is 2.07. The van der Waals surface area contributed by atoms with Crippen molar-refractivity contribution in [3.8, 4) is 0 Å². The second-order valence-corrected chi connectivity index (χ2v) is 7.16. The molecule has 0 radical (unpaired) electrons. The predicted octanol–water partition coefficient (Wildman–Crippen LogP) is 0.369. The van der Waals surface area contributed by atoms with Crippen LogP contribution in [0.25, 0.3) is 0 Å². The Morgan fingerprint density at radius 2 is 1.78 bits per heavy atom. The van der Waals surface area contributed by atoms with Gasteiger partial charge in [-0.3, -0.25) is 0 Å². The lowest BCUT2D eigenvalue weighted by Gasteiger charge is -2.17. The van der Waals surface area contributed by atoms with E-state index in [2.05, 4.69) is 0 Å². The highest BCUT2D eigenvalue weighted by atomic mass is 32.2. The van der Waals surface area contributed by atoms with Crippen LogP contribution in [-0.4, -0.2) is 43.5 Å². The van der Waals surface area contributed by atoms with Crippen LogP contribution in [0.1, 0.15) is 5.56 Å². The van der Waals surface area contributed by atoms with E-state index >= 15 is 0 Å². The smallest absolute Gasteiger partial charge is 0.423 e. The number of sulfonamides is 1. The number of likely N-dealkylation sites (N-methyl/N-ethyl adjacent to an activating group) is 1. The van der Waals surface area contributed by atoms with E-state index in [9.17, 15) is 12.8 Å². The van der Waals surface area contributed by atoms with Crippen LogP contribution in [0.15, 0.2) is 53.4 Å². The Hall–Kier alpha value is -1.74. The van der Waals surface area contributed by atoms with Gasteiger partial charge in [0.15, 0.2) is 0 Å². The highest BCUT2D eigenvalue weighted by Gasteiger charge is 2.20. The third-order valence-corrected chi connectivity index (χ3v) is 5.38. The van der Waals surface area contributed by atoms with Gasteiger partial charge in [-0.2, -0.15) is 0 Å². The van der Waals surface area contributed by atoms with Crippen molar-refractivity contribution in [3.05, 3.63) is 59.9 Å². The van der Waals surface area contributed by atoms with Crippen molar-refractivity contribution in [1.29, 1.82) is 0 Å². The van der Waals surface area contributed by atoms with Gasteiger partial charge in [-0.25, -0.2) is 17.1 Å². The maximum Gasteiger partial charge on any atom is 0.491 e. The van der Waals surface area contributed by atoms with Gasteiger partial charge in [-0.1, -0.05) is 30.3 Å². The van der Waals surface area contributed by atoms with E-state index in [0.717, 1.165) is 0 Å². The monoisotopic (exact) mass is 337 g/mol. The van der Waals surface area contributed by atoms with Gasteiger partial charge < -0.3 is 10.0 Å². The van der Waals surface area contributed by atoms with Crippen LogP contribution >= 0.6 is 0 Å². The molecular formula is C15H17BFNO4S. The summed E-state index contributed by atoms with van der Waals surface area (Å²) < 4.78 is 39.6. The molecule has 8 heteroatoms. The molecule has 0 heterocycles. The largest absolute Gasteiger partial charge is 0.491 e. The average molecular weight is 337 g/mol. The van der Waals surface area contributed by atoms with Gasteiger partial charge in [0.2, 0.25) is 10.0 Å². The average Bonchev–Trinajstić information content (AvgIpc) is 2.53. The zero-order valence-electron chi connectivity index (χ0n) is 12.6. The molecule has 0 aliphatic heterocycles. The van der Waals surface area contributed by atoms with Crippen molar-refractivity contribution in [1.82, 2.24) is 4.31 Å². The standard InChI is InChI=1S/C15H17BFNO4S/c1-18(23(21,22)13-5-3-2-4-6-13)10-9-12-7-8-14(16(19)20)15(17)11-12/h2-8,11,19-20H,9-10H2,1H3. The maximum absolute atomic E-state index is 13.7. The molecule has 2 rings (SSSR count). The molecule has 0 spiro atoms. The molecular weight excluding hydrogens is 320 g/mol. The van der Waals surface area contributed by atoms with E-state index < -0.39 is 23.0 Å². The topological polar surface area (TPSA) is 77.8 Å². The van der Waals surface area contributed by atoms with Crippen molar-refractivity contribution in [2.75, 3.05) is 13.6 Å². The van der Waals surface area contributed by atoms with Crippen LogP contribution in [0.2, 0.25) is 0 Å². The Morgan fingerprint density at radius 1 is 1.13 bits per heavy atom. The molecule has 0 atom stereocenters. The molecule has 0 saturated heterocycles. The van der Waals surface area contributed by atoms with Crippen LogP contribution in [0.4, 0.5) is 4.39 Å². The van der Waals surface area contributed by atoms with Crippen LogP contribution < -0.4 is 5.46 Å².